The first-order valence-electron chi connectivity index (χ1n) is 8.15. The van der Waals surface area contributed by atoms with E-state index in [9.17, 15) is 19.5 Å². The van der Waals surface area contributed by atoms with Crippen LogP contribution in [0.3, 0.4) is 0 Å². The third-order valence-corrected chi connectivity index (χ3v) is 6.90. The van der Waals surface area contributed by atoms with Gasteiger partial charge in [-0.2, -0.15) is 0 Å². The van der Waals surface area contributed by atoms with E-state index in [1.54, 1.807) is 18.2 Å². The summed E-state index contributed by atoms with van der Waals surface area (Å²) < 4.78 is 1.46. The third-order valence-electron chi connectivity index (χ3n) is 4.77. The number of hydrogen-bond donors (Lipinski definition) is 0. The van der Waals surface area contributed by atoms with E-state index in [-0.39, 0.29) is 29.4 Å². The van der Waals surface area contributed by atoms with E-state index in [1.807, 2.05) is 0 Å². The molecule has 2 atom stereocenters. The minimum absolute atomic E-state index is 0.0925. The molecule has 1 aromatic carbocycles. The molecule has 1 aliphatic carbocycles. The molecule has 2 heterocycles. The zero-order valence-electron chi connectivity index (χ0n) is 13.3. The van der Waals surface area contributed by atoms with E-state index in [1.165, 1.54) is 16.2 Å². The number of carboxylic acid groups (broad SMARTS) is 1. The fourth-order valence-corrected chi connectivity index (χ4v) is 5.45. The van der Waals surface area contributed by atoms with Crippen molar-refractivity contribution in [1.29, 1.82) is 0 Å². The molecule has 2 aliphatic rings. The number of amides is 2. The zero-order valence-corrected chi connectivity index (χ0v) is 14.9. The van der Waals surface area contributed by atoms with E-state index in [0.29, 0.717) is 10.0 Å². The minimum Gasteiger partial charge on any atom is -0.549 e. The number of benzene rings is 1. The van der Waals surface area contributed by atoms with Crippen LogP contribution >= 0.6 is 23.1 Å². The zero-order chi connectivity index (χ0) is 17.6. The van der Waals surface area contributed by atoms with Crippen molar-refractivity contribution >= 4 is 56.8 Å². The number of anilines is 1. The summed E-state index contributed by atoms with van der Waals surface area (Å²) in [5.41, 5.74) is 1.31. The van der Waals surface area contributed by atoms with E-state index in [0.717, 1.165) is 47.7 Å². The van der Waals surface area contributed by atoms with Gasteiger partial charge in [0.1, 0.15) is 0 Å². The molecule has 0 radical (unpaired) electrons. The lowest BCUT2D eigenvalue weighted by atomic mass is 9.81. The largest absolute Gasteiger partial charge is 0.549 e. The van der Waals surface area contributed by atoms with E-state index < -0.39 is 5.97 Å². The Morgan fingerprint density at radius 3 is 2.56 bits per heavy atom. The summed E-state index contributed by atoms with van der Waals surface area (Å²) in [4.78, 5) is 41.6. The summed E-state index contributed by atoms with van der Waals surface area (Å²) >= 11 is 2.46. The monoisotopic (exact) mass is 375 g/mol. The topological polar surface area (TPSA) is 90.4 Å². The summed E-state index contributed by atoms with van der Waals surface area (Å²) in [7, 11) is 0. The lowest BCUT2D eigenvalue weighted by molar-refractivity contribution is -0.301. The number of carbonyl (C=O) groups excluding carboxylic acids is 3. The van der Waals surface area contributed by atoms with Crippen LogP contribution in [0.25, 0.3) is 10.2 Å². The number of aliphatic carboxylic acids is 1. The predicted molar refractivity (Wildman–Crippen MR) is 93.3 cm³/mol. The van der Waals surface area contributed by atoms with Gasteiger partial charge in [-0.1, -0.05) is 24.6 Å². The van der Waals surface area contributed by atoms with E-state index >= 15 is 0 Å². The van der Waals surface area contributed by atoms with Crippen molar-refractivity contribution in [2.45, 2.75) is 30.0 Å². The number of nitrogens with zero attached hydrogens (tertiary/aromatic N) is 2. The molecule has 2 fully saturated rings. The molecule has 2 aromatic rings. The third kappa shape index (κ3) is 2.93. The molecule has 130 valence electrons. The molecule has 4 rings (SSSR count). The van der Waals surface area contributed by atoms with Crippen LogP contribution in [0.5, 0.6) is 0 Å². The SMILES string of the molecule is O=C([O-])CSc1nc2ccc(N3C(=O)[C@H]4CCCC[C@H]4C3=O)cc2s1. The van der Waals surface area contributed by atoms with Gasteiger partial charge in [0.05, 0.1) is 33.7 Å². The molecule has 0 spiro atoms. The lowest BCUT2D eigenvalue weighted by Gasteiger charge is -2.19. The molecule has 0 N–H and O–H groups in total. The number of carboxylic acids is 1. The predicted octanol–water partition coefficient (Wildman–Crippen LogP) is 1.82. The second-order valence-corrected chi connectivity index (χ2v) is 8.55. The Morgan fingerprint density at radius 2 is 1.92 bits per heavy atom. The normalized spacial score (nSPS) is 23.3. The van der Waals surface area contributed by atoms with Gasteiger partial charge in [-0.3, -0.25) is 14.5 Å². The molecule has 2 amide bonds. The van der Waals surface area contributed by atoms with Crippen molar-refractivity contribution in [3.05, 3.63) is 18.2 Å². The first-order chi connectivity index (χ1) is 12.0. The van der Waals surface area contributed by atoms with Crippen molar-refractivity contribution in [2.75, 3.05) is 10.7 Å². The van der Waals surface area contributed by atoms with Crippen molar-refractivity contribution in [3.63, 3.8) is 0 Å². The van der Waals surface area contributed by atoms with Gasteiger partial charge in [0.15, 0.2) is 4.34 Å². The maximum absolute atomic E-state index is 12.7. The number of thiazole rings is 1. The molecule has 0 unspecified atom stereocenters. The highest BCUT2D eigenvalue weighted by Gasteiger charge is 2.48. The number of carbonyl (C=O) groups is 3. The summed E-state index contributed by atoms with van der Waals surface area (Å²) in [5, 5.41) is 10.6. The average Bonchev–Trinajstić information content (AvgIpc) is 3.12. The van der Waals surface area contributed by atoms with Crippen LogP contribution in [-0.4, -0.2) is 28.5 Å². The summed E-state index contributed by atoms with van der Waals surface area (Å²) in [6, 6.07) is 5.30. The number of fused-ring (bicyclic) bond motifs is 2. The molecule has 1 saturated carbocycles. The summed E-state index contributed by atoms with van der Waals surface area (Å²) in [5.74, 6) is -1.82. The highest BCUT2D eigenvalue weighted by molar-refractivity contribution is 8.01. The van der Waals surface area contributed by atoms with Crippen LogP contribution in [-0.2, 0) is 14.4 Å². The van der Waals surface area contributed by atoms with Gasteiger partial charge < -0.3 is 9.90 Å². The Kier molecular flexibility index (Phi) is 4.24. The van der Waals surface area contributed by atoms with Crippen molar-refractivity contribution in [3.8, 4) is 0 Å². The Morgan fingerprint density at radius 1 is 1.24 bits per heavy atom. The maximum atomic E-state index is 12.7. The Hall–Kier alpha value is -1.93. The van der Waals surface area contributed by atoms with Crippen molar-refractivity contribution in [2.24, 2.45) is 11.8 Å². The first-order valence-corrected chi connectivity index (χ1v) is 9.96. The van der Waals surface area contributed by atoms with E-state index in [2.05, 4.69) is 4.98 Å². The van der Waals surface area contributed by atoms with Gasteiger partial charge in [0, 0.05) is 5.75 Å². The average molecular weight is 375 g/mol. The molecule has 1 aliphatic heterocycles. The molecule has 8 heteroatoms. The second-order valence-electron chi connectivity index (χ2n) is 6.30. The van der Waals surface area contributed by atoms with Gasteiger partial charge in [0.25, 0.3) is 0 Å². The minimum atomic E-state index is -1.14. The van der Waals surface area contributed by atoms with Gasteiger partial charge in [-0.25, -0.2) is 4.98 Å². The van der Waals surface area contributed by atoms with Crippen LogP contribution in [0.1, 0.15) is 25.7 Å². The van der Waals surface area contributed by atoms with Gasteiger partial charge in [0.2, 0.25) is 11.8 Å². The van der Waals surface area contributed by atoms with Gasteiger partial charge in [-0.05, 0) is 31.0 Å². The standard InChI is InChI=1S/C17H16N2O4S2/c20-14(21)8-24-17-18-12-6-5-9(7-13(12)25-17)19-15(22)10-3-1-2-4-11(10)16(19)23/h5-7,10-11H,1-4,8H2,(H,20,21)/p-1/t10-,11+. The quantitative estimate of drug-likeness (QED) is 0.598. The Labute approximate surface area is 152 Å². The summed E-state index contributed by atoms with van der Waals surface area (Å²) in [6.07, 6.45) is 3.58. The molecule has 6 nitrogen and oxygen atoms in total. The van der Waals surface area contributed by atoms with Gasteiger partial charge in [-0.15, -0.1) is 11.3 Å². The van der Waals surface area contributed by atoms with Gasteiger partial charge >= 0.3 is 0 Å². The van der Waals surface area contributed by atoms with Crippen LogP contribution in [0.15, 0.2) is 22.5 Å². The fourth-order valence-electron chi connectivity index (χ4n) is 3.63. The molecular formula is C17H15N2O4S2-. The number of hydrogen-bond acceptors (Lipinski definition) is 7. The number of thioether (sulfide) groups is 1. The van der Waals surface area contributed by atoms with Crippen LogP contribution in [0.4, 0.5) is 5.69 Å². The first kappa shape index (κ1) is 16.5. The highest BCUT2D eigenvalue weighted by Crippen LogP contribution is 2.41. The molecule has 1 saturated heterocycles. The van der Waals surface area contributed by atoms with Crippen molar-refractivity contribution < 1.29 is 19.5 Å². The molecule has 25 heavy (non-hydrogen) atoms. The highest BCUT2D eigenvalue weighted by atomic mass is 32.2. The smallest absolute Gasteiger partial charge is 0.237 e. The number of rotatable bonds is 4. The van der Waals surface area contributed by atoms with Crippen molar-refractivity contribution in [1.82, 2.24) is 4.98 Å². The second kappa shape index (κ2) is 6.42. The fraction of sp³-hybridized carbons (Fsp3) is 0.412. The Balaban J connectivity index is 1.64. The molecule has 0 bridgehead atoms. The maximum Gasteiger partial charge on any atom is 0.237 e. The number of aromatic nitrogens is 1. The van der Waals surface area contributed by atoms with Crippen LogP contribution in [0.2, 0.25) is 0 Å². The number of imide groups is 1. The van der Waals surface area contributed by atoms with Crippen LogP contribution in [0, 0.1) is 11.8 Å². The lowest BCUT2D eigenvalue weighted by Crippen LogP contribution is -2.30. The van der Waals surface area contributed by atoms with E-state index in [4.69, 9.17) is 0 Å². The summed E-state index contributed by atoms with van der Waals surface area (Å²) in [6.45, 7) is 0. The van der Waals surface area contributed by atoms with Crippen LogP contribution < -0.4 is 10.0 Å². The molecule has 1 aromatic heterocycles. The molecular weight excluding hydrogens is 360 g/mol. The Bertz CT molecular complexity index is 855.